The molecule has 7 heteroatoms. The van der Waals surface area contributed by atoms with Gasteiger partial charge >= 0.3 is 0 Å². The van der Waals surface area contributed by atoms with Gasteiger partial charge in [-0.25, -0.2) is 4.98 Å². The topological polar surface area (TPSA) is 83.2 Å². The minimum atomic E-state index is 0.127. The fourth-order valence-electron chi connectivity index (χ4n) is 2.03. The molecule has 0 N–H and O–H groups in total. The molecule has 2 rings (SSSR count). The highest BCUT2D eigenvalue weighted by Gasteiger charge is 2.17. The third kappa shape index (κ3) is 2.26. The van der Waals surface area contributed by atoms with Crippen molar-refractivity contribution in [3.8, 4) is 12.1 Å². The summed E-state index contributed by atoms with van der Waals surface area (Å²) in [6.45, 7) is 5.03. The second-order valence-electron chi connectivity index (χ2n) is 4.17. The van der Waals surface area contributed by atoms with E-state index in [1.807, 2.05) is 30.7 Å². The molecule has 0 aromatic carbocycles. The molecule has 0 aliphatic heterocycles. The van der Waals surface area contributed by atoms with Crippen LogP contribution in [0.15, 0.2) is 6.33 Å². The predicted octanol–water partition coefficient (Wildman–Crippen LogP) is 2.11. The largest absolute Gasteiger partial charge is 0.315 e. The van der Waals surface area contributed by atoms with E-state index in [1.165, 1.54) is 6.33 Å². The molecule has 0 saturated carbocycles. The van der Waals surface area contributed by atoms with Crippen LogP contribution in [0.5, 0.6) is 0 Å². The van der Waals surface area contributed by atoms with Gasteiger partial charge in [-0.2, -0.15) is 15.6 Å². The fraction of sp³-hybridized carbons (Fsp3) is 0.385. The number of hydrogen-bond acceptors (Lipinski definition) is 4. The highest BCUT2D eigenvalue weighted by Crippen LogP contribution is 2.23. The first-order valence-electron chi connectivity index (χ1n) is 6.25. The first kappa shape index (κ1) is 14.1. The summed E-state index contributed by atoms with van der Waals surface area (Å²) in [5.74, 6) is 0. The molecule has 2 aromatic rings. The quantitative estimate of drug-likeness (QED) is 0.862. The van der Waals surface area contributed by atoms with Crippen molar-refractivity contribution in [2.45, 2.75) is 33.4 Å². The van der Waals surface area contributed by atoms with Crippen molar-refractivity contribution in [1.29, 1.82) is 10.5 Å². The van der Waals surface area contributed by atoms with Gasteiger partial charge < -0.3 is 4.57 Å². The van der Waals surface area contributed by atoms with E-state index < -0.39 is 0 Å². The van der Waals surface area contributed by atoms with Gasteiger partial charge in [0.25, 0.3) is 0 Å². The highest BCUT2D eigenvalue weighted by atomic mass is 35.5. The summed E-state index contributed by atoms with van der Waals surface area (Å²) < 4.78 is 3.43. The van der Waals surface area contributed by atoms with E-state index >= 15 is 0 Å². The van der Waals surface area contributed by atoms with Crippen molar-refractivity contribution in [3.63, 3.8) is 0 Å². The maximum Gasteiger partial charge on any atom is 0.176 e. The first-order chi connectivity index (χ1) is 9.65. The summed E-state index contributed by atoms with van der Waals surface area (Å²) in [5, 5.41) is 23.1. The number of hydrogen-bond donors (Lipinski definition) is 0. The van der Waals surface area contributed by atoms with E-state index in [2.05, 4.69) is 10.1 Å². The Morgan fingerprint density at radius 2 is 2.05 bits per heavy atom. The first-order valence-corrected chi connectivity index (χ1v) is 6.63. The van der Waals surface area contributed by atoms with Gasteiger partial charge in [0.15, 0.2) is 11.4 Å². The monoisotopic (exact) mass is 288 g/mol. The number of aryl methyl sites for hydroxylation is 2. The second-order valence-corrected chi connectivity index (χ2v) is 4.55. The minimum absolute atomic E-state index is 0.127. The van der Waals surface area contributed by atoms with Crippen molar-refractivity contribution in [2.75, 3.05) is 0 Å². The van der Waals surface area contributed by atoms with E-state index in [-0.39, 0.29) is 11.4 Å². The molecule has 0 aliphatic rings. The summed E-state index contributed by atoms with van der Waals surface area (Å²) in [7, 11) is 0. The van der Waals surface area contributed by atoms with Crippen LogP contribution in [0.1, 0.15) is 36.6 Å². The summed E-state index contributed by atoms with van der Waals surface area (Å²) in [6.07, 6.45) is 2.23. The number of nitrogens with zero attached hydrogens (tertiary/aromatic N) is 6. The van der Waals surface area contributed by atoms with Gasteiger partial charge in [-0.15, -0.1) is 0 Å². The maximum atomic E-state index is 9.13. The van der Waals surface area contributed by atoms with E-state index in [1.54, 1.807) is 4.57 Å². The standard InChI is InChI=1S/C13H13ClN6/c1-3-9-13(14)12(20(4-2)18-9)7-19-8-17-10(5-15)11(19)6-16/h8H,3-4,7H2,1-2H3. The average Bonchev–Trinajstić information content (AvgIpc) is 3.00. The Bertz CT molecular complexity index is 713. The normalized spacial score (nSPS) is 10.2. The van der Waals surface area contributed by atoms with Crippen LogP contribution in [0.2, 0.25) is 5.02 Å². The summed E-state index contributed by atoms with van der Waals surface area (Å²) in [4.78, 5) is 3.92. The van der Waals surface area contributed by atoms with Gasteiger partial charge in [-0.3, -0.25) is 4.68 Å². The molecule has 0 atom stereocenters. The number of aromatic nitrogens is 4. The van der Waals surface area contributed by atoms with Crippen LogP contribution in [0.3, 0.4) is 0 Å². The Morgan fingerprint density at radius 3 is 2.60 bits per heavy atom. The van der Waals surface area contributed by atoms with Crippen LogP contribution >= 0.6 is 11.6 Å². The maximum absolute atomic E-state index is 9.13. The Hall–Kier alpha value is -2.31. The molecule has 0 unspecified atom stereocenters. The molecule has 0 radical (unpaired) electrons. The molecule has 0 saturated heterocycles. The van der Waals surface area contributed by atoms with E-state index in [0.29, 0.717) is 18.1 Å². The Morgan fingerprint density at radius 1 is 1.30 bits per heavy atom. The zero-order valence-electron chi connectivity index (χ0n) is 11.3. The van der Waals surface area contributed by atoms with Crippen LogP contribution < -0.4 is 0 Å². The predicted molar refractivity (Wildman–Crippen MR) is 73.0 cm³/mol. The van der Waals surface area contributed by atoms with Gasteiger partial charge in [0.05, 0.1) is 29.3 Å². The zero-order chi connectivity index (χ0) is 14.7. The average molecular weight is 289 g/mol. The third-order valence-electron chi connectivity index (χ3n) is 3.06. The van der Waals surface area contributed by atoms with Crippen molar-refractivity contribution in [3.05, 3.63) is 34.1 Å². The Balaban J connectivity index is 2.46. The van der Waals surface area contributed by atoms with E-state index in [9.17, 15) is 0 Å². The highest BCUT2D eigenvalue weighted by molar-refractivity contribution is 6.31. The Labute approximate surface area is 121 Å². The molecule has 20 heavy (non-hydrogen) atoms. The zero-order valence-corrected chi connectivity index (χ0v) is 12.0. The minimum Gasteiger partial charge on any atom is -0.315 e. The molecule has 0 amide bonds. The van der Waals surface area contributed by atoms with Gasteiger partial charge in [0, 0.05) is 6.54 Å². The molecule has 2 heterocycles. The molecule has 0 spiro atoms. The lowest BCUT2D eigenvalue weighted by atomic mass is 10.3. The fourth-order valence-corrected chi connectivity index (χ4v) is 2.36. The lowest BCUT2D eigenvalue weighted by Gasteiger charge is -2.07. The van der Waals surface area contributed by atoms with E-state index in [0.717, 1.165) is 17.8 Å². The third-order valence-corrected chi connectivity index (χ3v) is 3.50. The molecular weight excluding hydrogens is 276 g/mol. The van der Waals surface area contributed by atoms with Crippen LogP contribution in [0, 0.1) is 22.7 Å². The summed E-state index contributed by atoms with van der Waals surface area (Å²) in [5.41, 5.74) is 2.03. The summed E-state index contributed by atoms with van der Waals surface area (Å²) >= 11 is 6.33. The Kier molecular flexibility index (Phi) is 4.07. The van der Waals surface area contributed by atoms with Crippen LogP contribution in [-0.2, 0) is 19.5 Å². The number of imidazole rings is 1. The number of nitriles is 2. The van der Waals surface area contributed by atoms with Crippen LogP contribution in [0.25, 0.3) is 0 Å². The lowest BCUT2D eigenvalue weighted by Crippen LogP contribution is -2.09. The summed E-state index contributed by atoms with van der Waals surface area (Å²) in [6, 6.07) is 3.90. The lowest BCUT2D eigenvalue weighted by molar-refractivity contribution is 0.593. The van der Waals surface area contributed by atoms with Crippen molar-refractivity contribution in [2.24, 2.45) is 0 Å². The molecule has 0 bridgehead atoms. The van der Waals surface area contributed by atoms with Gasteiger partial charge in [0.1, 0.15) is 12.1 Å². The molecule has 0 aliphatic carbocycles. The molecule has 102 valence electrons. The van der Waals surface area contributed by atoms with Crippen molar-refractivity contribution < 1.29 is 0 Å². The molecule has 6 nitrogen and oxygen atoms in total. The molecule has 2 aromatic heterocycles. The SMILES string of the molecule is CCc1nn(CC)c(Cn2cnc(C#N)c2C#N)c1Cl. The second kappa shape index (κ2) is 5.77. The smallest absolute Gasteiger partial charge is 0.176 e. The molecule has 0 fully saturated rings. The number of rotatable bonds is 4. The van der Waals surface area contributed by atoms with Crippen molar-refractivity contribution in [1.82, 2.24) is 19.3 Å². The van der Waals surface area contributed by atoms with E-state index in [4.69, 9.17) is 22.1 Å². The number of halogens is 1. The van der Waals surface area contributed by atoms with Crippen molar-refractivity contribution >= 4 is 11.6 Å². The van der Waals surface area contributed by atoms with Gasteiger partial charge in [0.2, 0.25) is 0 Å². The van der Waals surface area contributed by atoms with Gasteiger partial charge in [-0.1, -0.05) is 18.5 Å². The molecular formula is C13H13ClN6. The van der Waals surface area contributed by atoms with Gasteiger partial charge in [-0.05, 0) is 13.3 Å². The van der Waals surface area contributed by atoms with Crippen LogP contribution in [-0.4, -0.2) is 19.3 Å². The van der Waals surface area contributed by atoms with Crippen LogP contribution in [0.4, 0.5) is 0 Å².